The summed E-state index contributed by atoms with van der Waals surface area (Å²) < 4.78 is 40.5. The highest BCUT2D eigenvalue weighted by Gasteiger charge is 1.92. The zero-order valence-electron chi connectivity index (χ0n) is 18.0. The fraction of sp³-hybridized carbons (Fsp3) is 0.800. The highest BCUT2D eigenvalue weighted by atomic mass is 16.6. The summed E-state index contributed by atoms with van der Waals surface area (Å²) in [6.45, 7) is 13.9. The molecular weight excluding hydrogens is 400 g/mol. The molecule has 0 aromatic heterocycles. The van der Waals surface area contributed by atoms with Crippen molar-refractivity contribution >= 4 is 0 Å². The van der Waals surface area contributed by atoms with E-state index in [1.807, 2.05) is 0 Å². The van der Waals surface area contributed by atoms with Gasteiger partial charge in [-0.1, -0.05) is 13.2 Å². The molecule has 10 nitrogen and oxygen atoms in total. The highest BCUT2D eigenvalue weighted by molar-refractivity contribution is 4.48. The predicted octanol–water partition coefficient (Wildman–Crippen LogP) is 0.377. The summed E-state index contributed by atoms with van der Waals surface area (Å²) in [4.78, 5) is 0. The molecule has 30 heavy (non-hydrogen) atoms. The molecule has 0 fully saturated rings. The van der Waals surface area contributed by atoms with Crippen LogP contribution in [0.15, 0.2) is 25.7 Å². The van der Waals surface area contributed by atoms with E-state index in [0.717, 1.165) is 0 Å². The number of rotatable bonds is 24. The molecule has 0 bridgehead atoms. The van der Waals surface area contributed by atoms with Gasteiger partial charge in [0, 0.05) is 0 Å². The SMILES string of the molecule is C=COCCOCCOCCOCCO.C=COCCOCCOCCOCCO. The van der Waals surface area contributed by atoms with Crippen molar-refractivity contribution in [3.05, 3.63) is 25.7 Å². The van der Waals surface area contributed by atoms with Gasteiger partial charge in [0.25, 0.3) is 0 Å². The molecule has 0 unspecified atom stereocenters. The largest absolute Gasteiger partial charge is 0.499 e. The quantitative estimate of drug-likeness (QED) is 0.161. The van der Waals surface area contributed by atoms with Crippen LogP contribution in [0.5, 0.6) is 0 Å². The molecular formula is C20H40O10. The second kappa shape index (κ2) is 32.4. The molecule has 0 radical (unpaired) electrons. The standard InChI is InChI=1S/2C10H20O5/c2*1-2-12-5-6-14-9-10-15-8-7-13-4-3-11/h2*2,11H,1,3-10H2. The summed E-state index contributed by atoms with van der Waals surface area (Å²) in [5.41, 5.74) is 0. The zero-order valence-corrected chi connectivity index (χ0v) is 18.0. The van der Waals surface area contributed by atoms with Crippen molar-refractivity contribution in [1.29, 1.82) is 0 Å². The van der Waals surface area contributed by atoms with Crippen molar-refractivity contribution in [2.45, 2.75) is 0 Å². The average Bonchev–Trinajstić information content (AvgIpc) is 2.76. The first kappa shape index (κ1) is 30.9. The summed E-state index contributed by atoms with van der Waals surface area (Å²) >= 11 is 0. The van der Waals surface area contributed by atoms with Crippen LogP contribution in [0.3, 0.4) is 0 Å². The molecule has 0 atom stereocenters. The molecule has 0 saturated carbocycles. The molecule has 0 saturated heterocycles. The van der Waals surface area contributed by atoms with Gasteiger partial charge in [-0.3, -0.25) is 0 Å². The number of hydrogen-bond acceptors (Lipinski definition) is 10. The Kier molecular flexibility index (Phi) is 33.5. The van der Waals surface area contributed by atoms with Gasteiger partial charge >= 0.3 is 0 Å². The average molecular weight is 441 g/mol. The van der Waals surface area contributed by atoms with Crippen LogP contribution in [0, 0.1) is 0 Å². The van der Waals surface area contributed by atoms with Gasteiger partial charge in [0.15, 0.2) is 0 Å². The van der Waals surface area contributed by atoms with Crippen LogP contribution < -0.4 is 0 Å². The van der Waals surface area contributed by atoms with Crippen molar-refractivity contribution in [2.75, 3.05) is 106 Å². The highest BCUT2D eigenvalue weighted by Crippen LogP contribution is 1.83. The Morgan fingerprint density at radius 3 is 0.867 bits per heavy atom. The Bertz CT molecular complexity index is 288. The van der Waals surface area contributed by atoms with Gasteiger partial charge in [-0.15, -0.1) is 0 Å². The van der Waals surface area contributed by atoms with E-state index < -0.39 is 0 Å². The van der Waals surface area contributed by atoms with Crippen LogP contribution in [0.2, 0.25) is 0 Å². The summed E-state index contributed by atoms with van der Waals surface area (Å²) in [5.74, 6) is 0. The lowest BCUT2D eigenvalue weighted by Gasteiger charge is -2.05. The first-order valence-electron chi connectivity index (χ1n) is 9.96. The first-order valence-corrected chi connectivity index (χ1v) is 9.96. The molecule has 0 aliphatic carbocycles. The van der Waals surface area contributed by atoms with Crippen LogP contribution in [0.4, 0.5) is 0 Å². The molecule has 10 heteroatoms. The van der Waals surface area contributed by atoms with Gasteiger partial charge < -0.3 is 48.1 Å². The molecule has 0 aromatic carbocycles. The molecule has 0 aromatic rings. The van der Waals surface area contributed by atoms with E-state index in [1.165, 1.54) is 12.5 Å². The monoisotopic (exact) mass is 440 g/mol. The van der Waals surface area contributed by atoms with Gasteiger partial charge in [0.2, 0.25) is 0 Å². The van der Waals surface area contributed by atoms with Crippen molar-refractivity contribution in [1.82, 2.24) is 0 Å². The predicted molar refractivity (Wildman–Crippen MR) is 111 cm³/mol. The summed E-state index contributed by atoms with van der Waals surface area (Å²) in [5, 5.41) is 16.8. The second-order valence-corrected chi connectivity index (χ2v) is 5.20. The van der Waals surface area contributed by atoms with Crippen LogP contribution in [-0.4, -0.2) is 116 Å². The number of ether oxygens (including phenoxy) is 8. The van der Waals surface area contributed by atoms with Gasteiger partial charge in [0.1, 0.15) is 13.2 Å². The zero-order chi connectivity index (χ0) is 22.4. The minimum atomic E-state index is 0.0480. The molecule has 0 rings (SSSR count). The van der Waals surface area contributed by atoms with Crippen molar-refractivity contribution < 1.29 is 48.1 Å². The molecule has 0 heterocycles. The minimum absolute atomic E-state index is 0.0480. The Labute approximate surface area is 180 Å². The Morgan fingerprint density at radius 1 is 0.400 bits per heavy atom. The summed E-state index contributed by atoms with van der Waals surface area (Å²) in [6, 6.07) is 0. The van der Waals surface area contributed by atoms with E-state index in [-0.39, 0.29) is 13.2 Å². The van der Waals surface area contributed by atoms with Crippen molar-refractivity contribution in [3.63, 3.8) is 0 Å². The molecule has 0 aliphatic heterocycles. The molecule has 0 aliphatic rings. The molecule has 180 valence electrons. The van der Waals surface area contributed by atoms with E-state index in [0.29, 0.717) is 92.5 Å². The van der Waals surface area contributed by atoms with Crippen LogP contribution in [0.1, 0.15) is 0 Å². The van der Waals surface area contributed by atoms with Crippen molar-refractivity contribution in [3.8, 4) is 0 Å². The summed E-state index contributed by atoms with van der Waals surface area (Å²) in [6.07, 6.45) is 2.77. The van der Waals surface area contributed by atoms with Gasteiger partial charge in [-0.25, -0.2) is 0 Å². The normalized spacial score (nSPS) is 10.2. The van der Waals surface area contributed by atoms with Crippen LogP contribution >= 0.6 is 0 Å². The van der Waals surface area contributed by atoms with E-state index in [9.17, 15) is 0 Å². The lowest BCUT2D eigenvalue weighted by Crippen LogP contribution is -2.12. The lowest BCUT2D eigenvalue weighted by atomic mass is 10.7. The maximum atomic E-state index is 8.41. The Balaban J connectivity index is 0. The van der Waals surface area contributed by atoms with Gasteiger partial charge in [0.05, 0.1) is 105 Å². The maximum absolute atomic E-state index is 8.41. The Hall–Kier alpha value is -1.24. The maximum Gasteiger partial charge on any atom is 0.111 e. The fourth-order valence-corrected chi connectivity index (χ4v) is 1.59. The second-order valence-electron chi connectivity index (χ2n) is 5.20. The summed E-state index contributed by atoms with van der Waals surface area (Å²) in [7, 11) is 0. The molecule has 0 amide bonds. The topological polar surface area (TPSA) is 114 Å². The number of aliphatic hydroxyl groups is 2. The third-order valence-electron chi connectivity index (χ3n) is 2.89. The number of aliphatic hydroxyl groups excluding tert-OH is 2. The van der Waals surface area contributed by atoms with Gasteiger partial charge in [-0.05, 0) is 0 Å². The third kappa shape index (κ3) is 34.3. The lowest BCUT2D eigenvalue weighted by molar-refractivity contribution is 0.00139. The van der Waals surface area contributed by atoms with E-state index in [1.54, 1.807) is 0 Å². The third-order valence-corrected chi connectivity index (χ3v) is 2.89. The number of hydrogen-bond donors (Lipinski definition) is 2. The minimum Gasteiger partial charge on any atom is -0.499 e. The van der Waals surface area contributed by atoms with E-state index in [2.05, 4.69) is 13.2 Å². The molecule has 2 N–H and O–H groups in total. The Morgan fingerprint density at radius 2 is 0.633 bits per heavy atom. The van der Waals surface area contributed by atoms with Crippen LogP contribution in [0.25, 0.3) is 0 Å². The van der Waals surface area contributed by atoms with Gasteiger partial charge in [-0.2, -0.15) is 0 Å². The first-order chi connectivity index (χ1) is 14.8. The molecule has 0 spiro atoms. The van der Waals surface area contributed by atoms with E-state index in [4.69, 9.17) is 48.1 Å². The van der Waals surface area contributed by atoms with Crippen molar-refractivity contribution in [2.24, 2.45) is 0 Å². The smallest absolute Gasteiger partial charge is 0.111 e. The fourth-order valence-electron chi connectivity index (χ4n) is 1.59. The van der Waals surface area contributed by atoms with E-state index >= 15 is 0 Å². The van der Waals surface area contributed by atoms with Crippen LogP contribution in [-0.2, 0) is 37.9 Å².